The molecule has 7 heteroatoms. The lowest BCUT2D eigenvalue weighted by atomic mass is 10.5. The Balaban J connectivity index is 2.32. The molecule has 0 spiro atoms. The summed E-state index contributed by atoms with van der Waals surface area (Å²) in [5.41, 5.74) is 0.311. The third-order valence-corrected chi connectivity index (χ3v) is 3.10. The van der Waals surface area contributed by atoms with Crippen molar-refractivity contribution >= 4 is 42.5 Å². The van der Waals surface area contributed by atoms with Crippen molar-refractivity contribution in [1.82, 2.24) is 9.55 Å². The van der Waals surface area contributed by atoms with E-state index in [-0.39, 0.29) is 4.95 Å². The lowest BCUT2D eigenvalue weighted by Crippen LogP contribution is -2.19. The van der Waals surface area contributed by atoms with Gasteiger partial charge >= 0.3 is 5.97 Å². The quantitative estimate of drug-likeness (QED) is 0.465. The van der Waals surface area contributed by atoms with E-state index in [1.807, 2.05) is 4.57 Å². The van der Waals surface area contributed by atoms with Gasteiger partial charge in [-0.25, -0.2) is 9.78 Å². The fraction of sp³-hybridized carbons (Fsp3) is 0.444. The highest BCUT2D eigenvalue weighted by molar-refractivity contribution is 9.18. The van der Waals surface area contributed by atoms with Gasteiger partial charge in [0.05, 0.1) is 13.2 Å². The standard InChI is InChI=1S/C9H9Br2N3O2/c1-2-16-9(15)5-3-14-4-6(10)13-7(11)8(14)12-5/h3,6H,2,4H2,1H3. The first-order chi connectivity index (χ1) is 7.61. The van der Waals surface area contributed by atoms with E-state index >= 15 is 0 Å². The SMILES string of the molecule is CCOC(=O)c1cn2c(n1)C(Br)=NC(Br)C2. The summed E-state index contributed by atoms with van der Waals surface area (Å²) in [5.74, 6) is 0.245. The van der Waals surface area contributed by atoms with Crippen molar-refractivity contribution in [3.05, 3.63) is 17.7 Å². The van der Waals surface area contributed by atoms with Crippen LogP contribution in [0.5, 0.6) is 0 Å². The summed E-state index contributed by atoms with van der Waals surface area (Å²) in [7, 11) is 0. The Bertz CT molecular complexity index is 456. The summed E-state index contributed by atoms with van der Waals surface area (Å²) in [4.78, 5) is 19.9. The van der Waals surface area contributed by atoms with Crippen LogP contribution >= 0.6 is 31.9 Å². The summed E-state index contributed by atoms with van der Waals surface area (Å²) < 4.78 is 7.39. The largest absolute Gasteiger partial charge is 0.461 e. The first kappa shape index (κ1) is 11.8. The number of carbonyl (C=O) groups excluding carboxylic acids is 1. The lowest BCUT2D eigenvalue weighted by molar-refractivity contribution is 0.0520. The van der Waals surface area contributed by atoms with Gasteiger partial charge in [0.2, 0.25) is 0 Å². The molecular formula is C9H9Br2N3O2. The minimum Gasteiger partial charge on any atom is -0.461 e. The average Bonchev–Trinajstić information content (AvgIpc) is 2.62. The minimum absolute atomic E-state index is 0.00128. The Morgan fingerprint density at radius 3 is 3.19 bits per heavy atom. The second-order valence-electron chi connectivity index (χ2n) is 3.18. The molecule has 0 saturated heterocycles. The number of carbonyl (C=O) groups is 1. The highest BCUT2D eigenvalue weighted by Gasteiger charge is 2.22. The zero-order valence-electron chi connectivity index (χ0n) is 8.48. The maximum Gasteiger partial charge on any atom is 0.358 e. The van der Waals surface area contributed by atoms with Crippen molar-refractivity contribution in [3.8, 4) is 0 Å². The van der Waals surface area contributed by atoms with Gasteiger partial charge in [0.15, 0.2) is 11.5 Å². The molecule has 0 N–H and O–H groups in total. The van der Waals surface area contributed by atoms with Crippen LogP contribution in [0.1, 0.15) is 23.2 Å². The fourth-order valence-corrected chi connectivity index (χ4v) is 2.76. The number of esters is 1. The topological polar surface area (TPSA) is 56.5 Å². The van der Waals surface area contributed by atoms with Gasteiger partial charge < -0.3 is 9.30 Å². The number of hydrogen-bond acceptors (Lipinski definition) is 4. The van der Waals surface area contributed by atoms with Crippen molar-refractivity contribution in [2.24, 2.45) is 4.99 Å². The molecule has 0 saturated carbocycles. The van der Waals surface area contributed by atoms with Gasteiger partial charge in [-0.1, -0.05) is 15.9 Å². The van der Waals surface area contributed by atoms with E-state index in [0.717, 1.165) is 0 Å². The van der Waals surface area contributed by atoms with E-state index in [2.05, 4.69) is 41.8 Å². The summed E-state index contributed by atoms with van der Waals surface area (Å²) >= 11 is 6.71. The van der Waals surface area contributed by atoms with Crippen LogP contribution in [0.25, 0.3) is 0 Å². The third-order valence-electron chi connectivity index (χ3n) is 2.05. The Morgan fingerprint density at radius 2 is 2.50 bits per heavy atom. The van der Waals surface area contributed by atoms with E-state index in [1.54, 1.807) is 13.1 Å². The van der Waals surface area contributed by atoms with E-state index in [0.29, 0.717) is 29.3 Å². The molecule has 0 fully saturated rings. The lowest BCUT2D eigenvalue weighted by Gasteiger charge is -2.14. The third kappa shape index (κ3) is 2.20. The number of imidazole rings is 1. The fourth-order valence-electron chi connectivity index (χ4n) is 1.41. The molecule has 5 nitrogen and oxygen atoms in total. The van der Waals surface area contributed by atoms with Gasteiger partial charge in [0.1, 0.15) is 9.57 Å². The number of ether oxygens (including phenoxy) is 1. The molecular weight excluding hydrogens is 342 g/mol. The maximum atomic E-state index is 11.5. The number of nitrogens with zero attached hydrogens (tertiary/aromatic N) is 3. The van der Waals surface area contributed by atoms with Crippen LogP contribution in [0.2, 0.25) is 0 Å². The molecule has 1 aliphatic heterocycles. The summed E-state index contributed by atoms with van der Waals surface area (Å²) in [6.45, 7) is 2.76. The summed E-state index contributed by atoms with van der Waals surface area (Å²) in [6, 6.07) is 0. The van der Waals surface area contributed by atoms with Crippen LogP contribution in [-0.2, 0) is 11.3 Å². The van der Waals surface area contributed by atoms with Gasteiger partial charge in [-0.15, -0.1) is 0 Å². The molecule has 1 atom stereocenters. The van der Waals surface area contributed by atoms with Crippen LogP contribution < -0.4 is 0 Å². The Labute approximate surface area is 109 Å². The summed E-state index contributed by atoms with van der Waals surface area (Å²) in [5, 5.41) is 0. The molecule has 1 aliphatic rings. The predicted octanol–water partition coefficient (Wildman–Crippen LogP) is 1.94. The van der Waals surface area contributed by atoms with E-state index in [9.17, 15) is 4.79 Å². The van der Waals surface area contributed by atoms with Crippen LogP contribution in [0, 0.1) is 0 Å². The highest BCUT2D eigenvalue weighted by Crippen LogP contribution is 2.20. The number of aromatic nitrogens is 2. The number of aliphatic imine (C=N–C) groups is 1. The molecule has 0 aromatic carbocycles. The first-order valence-corrected chi connectivity index (χ1v) is 6.44. The Morgan fingerprint density at radius 1 is 1.75 bits per heavy atom. The molecule has 1 aromatic rings. The van der Waals surface area contributed by atoms with Crippen LogP contribution in [-0.4, -0.2) is 31.7 Å². The van der Waals surface area contributed by atoms with Crippen molar-refractivity contribution < 1.29 is 9.53 Å². The Hall–Kier alpha value is -0.690. The number of hydrogen-bond donors (Lipinski definition) is 0. The molecule has 86 valence electrons. The van der Waals surface area contributed by atoms with E-state index < -0.39 is 5.97 Å². The average molecular weight is 351 g/mol. The molecule has 0 radical (unpaired) electrons. The van der Waals surface area contributed by atoms with Crippen molar-refractivity contribution in [2.45, 2.75) is 18.4 Å². The zero-order chi connectivity index (χ0) is 11.7. The van der Waals surface area contributed by atoms with Gasteiger partial charge in [0.25, 0.3) is 0 Å². The number of rotatable bonds is 2. The van der Waals surface area contributed by atoms with Gasteiger partial charge in [-0.2, -0.15) is 0 Å². The van der Waals surface area contributed by atoms with E-state index in [4.69, 9.17) is 4.74 Å². The minimum atomic E-state index is -0.407. The second kappa shape index (κ2) is 4.67. The molecule has 0 bridgehead atoms. The van der Waals surface area contributed by atoms with Crippen LogP contribution in [0.15, 0.2) is 11.2 Å². The van der Waals surface area contributed by atoms with Crippen molar-refractivity contribution in [2.75, 3.05) is 6.61 Å². The second-order valence-corrected chi connectivity index (χ2v) is 4.99. The highest BCUT2D eigenvalue weighted by atomic mass is 79.9. The van der Waals surface area contributed by atoms with Gasteiger partial charge in [0, 0.05) is 6.20 Å². The molecule has 2 heterocycles. The van der Waals surface area contributed by atoms with Crippen molar-refractivity contribution in [1.29, 1.82) is 0 Å². The molecule has 16 heavy (non-hydrogen) atoms. The van der Waals surface area contributed by atoms with Crippen molar-refractivity contribution in [3.63, 3.8) is 0 Å². The molecule has 1 unspecified atom stereocenters. The smallest absolute Gasteiger partial charge is 0.358 e. The molecule has 0 aliphatic carbocycles. The van der Waals surface area contributed by atoms with Gasteiger partial charge in [-0.3, -0.25) is 4.99 Å². The molecule has 2 rings (SSSR count). The predicted molar refractivity (Wildman–Crippen MR) is 66.4 cm³/mol. The monoisotopic (exact) mass is 349 g/mol. The normalized spacial score (nSPS) is 18.9. The first-order valence-electron chi connectivity index (χ1n) is 4.74. The number of halogens is 2. The number of alkyl halides is 1. The molecule has 0 amide bonds. The van der Waals surface area contributed by atoms with E-state index in [1.165, 1.54) is 0 Å². The maximum absolute atomic E-state index is 11.5. The Kier molecular flexibility index (Phi) is 3.44. The summed E-state index contributed by atoms with van der Waals surface area (Å²) in [6.07, 6.45) is 1.68. The van der Waals surface area contributed by atoms with Crippen LogP contribution in [0.3, 0.4) is 0 Å². The van der Waals surface area contributed by atoms with Crippen LogP contribution in [0.4, 0.5) is 0 Å². The zero-order valence-corrected chi connectivity index (χ0v) is 11.7. The van der Waals surface area contributed by atoms with Gasteiger partial charge in [-0.05, 0) is 22.9 Å². The molecule has 1 aromatic heterocycles. The number of fused-ring (bicyclic) bond motifs is 1.